The highest BCUT2D eigenvalue weighted by atomic mass is 16.2. The Morgan fingerprint density at radius 2 is 2.00 bits per heavy atom. The van der Waals surface area contributed by atoms with E-state index in [1.807, 2.05) is 48.2 Å². The number of hydrogen-bond acceptors (Lipinski definition) is 3. The van der Waals surface area contributed by atoms with Crippen LogP contribution in [0.4, 0.5) is 5.82 Å². The summed E-state index contributed by atoms with van der Waals surface area (Å²) in [7, 11) is 0. The van der Waals surface area contributed by atoms with Crippen molar-refractivity contribution in [2.24, 2.45) is 5.92 Å². The number of benzene rings is 1. The van der Waals surface area contributed by atoms with Crippen molar-refractivity contribution in [3.8, 4) is 0 Å². The average molecular weight is 309 g/mol. The van der Waals surface area contributed by atoms with E-state index in [2.05, 4.69) is 22.4 Å². The summed E-state index contributed by atoms with van der Waals surface area (Å²) in [4.78, 5) is 18.6. The van der Waals surface area contributed by atoms with E-state index in [9.17, 15) is 4.79 Å². The average Bonchev–Trinajstić information content (AvgIpc) is 2.92. The summed E-state index contributed by atoms with van der Waals surface area (Å²) in [6, 6.07) is 16.3. The van der Waals surface area contributed by atoms with Gasteiger partial charge in [-0.15, -0.1) is 0 Å². The lowest BCUT2D eigenvalue weighted by Crippen LogP contribution is -2.28. The third-order valence-electron chi connectivity index (χ3n) is 4.27. The van der Waals surface area contributed by atoms with Gasteiger partial charge in [-0.3, -0.25) is 4.79 Å². The molecule has 1 N–H and O–H groups in total. The number of amides is 1. The molecule has 1 aromatic carbocycles. The van der Waals surface area contributed by atoms with Crippen LogP contribution in [-0.2, 0) is 11.2 Å². The van der Waals surface area contributed by atoms with E-state index in [0.717, 1.165) is 37.6 Å². The first-order valence-corrected chi connectivity index (χ1v) is 8.20. The van der Waals surface area contributed by atoms with Crippen molar-refractivity contribution < 1.29 is 4.79 Å². The number of aromatic nitrogens is 1. The van der Waals surface area contributed by atoms with Gasteiger partial charge in [0.05, 0.1) is 0 Å². The Kier molecular flexibility index (Phi) is 4.91. The summed E-state index contributed by atoms with van der Waals surface area (Å²) in [5.74, 6) is 1.52. The van der Waals surface area contributed by atoms with Crippen molar-refractivity contribution in [1.82, 2.24) is 9.88 Å². The molecule has 0 aliphatic carbocycles. The molecule has 0 radical (unpaired) electrons. The van der Waals surface area contributed by atoms with Gasteiger partial charge in [-0.25, -0.2) is 4.98 Å². The van der Waals surface area contributed by atoms with E-state index in [1.165, 1.54) is 5.56 Å². The fourth-order valence-corrected chi connectivity index (χ4v) is 3.01. The summed E-state index contributed by atoms with van der Waals surface area (Å²) in [5.41, 5.74) is 2.29. The number of nitrogens with zero attached hydrogens (tertiary/aromatic N) is 2. The van der Waals surface area contributed by atoms with Crippen LogP contribution < -0.4 is 5.32 Å². The van der Waals surface area contributed by atoms with Crippen LogP contribution in [0.25, 0.3) is 0 Å². The van der Waals surface area contributed by atoms with Crippen molar-refractivity contribution in [1.29, 1.82) is 0 Å². The van der Waals surface area contributed by atoms with Crippen molar-refractivity contribution in [2.45, 2.75) is 19.8 Å². The molecule has 0 spiro atoms. The van der Waals surface area contributed by atoms with Gasteiger partial charge in [0.2, 0.25) is 5.91 Å². The Morgan fingerprint density at radius 3 is 2.78 bits per heavy atom. The Balaban J connectivity index is 1.47. The molecule has 1 atom stereocenters. The maximum Gasteiger partial charge on any atom is 0.223 e. The summed E-state index contributed by atoms with van der Waals surface area (Å²) in [6.07, 6.45) is 1.56. The topological polar surface area (TPSA) is 45.2 Å². The molecule has 3 rings (SSSR count). The maximum absolute atomic E-state index is 12.2. The summed E-state index contributed by atoms with van der Waals surface area (Å²) in [5, 5.41) is 3.35. The number of likely N-dealkylation sites (tertiary alicyclic amines) is 1. The monoisotopic (exact) mass is 309 g/mol. The van der Waals surface area contributed by atoms with Crippen LogP contribution in [0.2, 0.25) is 0 Å². The molecular formula is C19H23N3O. The number of hydrogen-bond donors (Lipinski definition) is 1. The van der Waals surface area contributed by atoms with Crippen molar-refractivity contribution >= 4 is 11.7 Å². The van der Waals surface area contributed by atoms with E-state index in [1.54, 1.807) is 0 Å². The normalized spacial score (nSPS) is 17.5. The SMILES string of the molecule is Cc1cccc(NCC2CC(=O)N(CCc3ccccc3)C2)n1. The Hall–Kier alpha value is -2.36. The first-order valence-electron chi connectivity index (χ1n) is 8.20. The fraction of sp³-hybridized carbons (Fsp3) is 0.368. The van der Waals surface area contributed by atoms with E-state index in [4.69, 9.17) is 0 Å². The fourth-order valence-electron chi connectivity index (χ4n) is 3.01. The van der Waals surface area contributed by atoms with Gasteiger partial charge >= 0.3 is 0 Å². The third-order valence-corrected chi connectivity index (χ3v) is 4.27. The summed E-state index contributed by atoms with van der Waals surface area (Å²) >= 11 is 0. The first kappa shape index (κ1) is 15.5. The minimum atomic E-state index is 0.268. The zero-order valence-corrected chi connectivity index (χ0v) is 13.5. The van der Waals surface area contributed by atoms with Gasteiger partial charge in [-0.1, -0.05) is 36.4 Å². The number of nitrogens with one attached hydrogen (secondary N) is 1. The number of pyridine rings is 1. The van der Waals surface area contributed by atoms with Crippen LogP contribution in [0.1, 0.15) is 17.7 Å². The molecule has 4 heteroatoms. The molecule has 1 amide bonds. The zero-order valence-electron chi connectivity index (χ0n) is 13.5. The van der Waals surface area contributed by atoms with E-state index >= 15 is 0 Å². The molecule has 120 valence electrons. The lowest BCUT2D eigenvalue weighted by molar-refractivity contribution is -0.127. The Labute approximate surface area is 137 Å². The molecule has 2 heterocycles. The highest BCUT2D eigenvalue weighted by Crippen LogP contribution is 2.19. The summed E-state index contributed by atoms with van der Waals surface area (Å²) < 4.78 is 0. The second-order valence-corrected chi connectivity index (χ2v) is 6.19. The highest BCUT2D eigenvalue weighted by Gasteiger charge is 2.28. The predicted molar refractivity (Wildman–Crippen MR) is 92.3 cm³/mol. The molecule has 1 aliphatic heterocycles. The second-order valence-electron chi connectivity index (χ2n) is 6.19. The first-order chi connectivity index (χ1) is 11.2. The van der Waals surface area contributed by atoms with Crippen LogP contribution in [0.5, 0.6) is 0 Å². The molecular weight excluding hydrogens is 286 g/mol. The van der Waals surface area contributed by atoms with Crippen LogP contribution in [0, 0.1) is 12.8 Å². The number of rotatable bonds is 6. The predicted octanol–water partition coefficient (Wildman–Crippen LogP) is 2.89. The summed E-state index contributed by atoms with van der Waals surface area (Å²) in [6.45, 7) is 4.42. The van der Waals surface area contributed by atoms with Crippen molar-refractivity contribution in [3.05, 3.63) is 59.8 Å². The standard InChI is InChI=1S/C19H23N3O/c1-15-6-5-9-18(21-15)20-13-17-12-19(23)22(14-17)11-10-16-7-3-2-4-8-16/h2-9,17H,10-14H2,1H3,(H,20,21). The molecule has 23 heavy (non-hydrogen) atoms. The van der Waals surface area contributed by atoms with Gasteiger partial charge in [0.25, 0.3) is 0 Å². The quantitative estimate of drug-likeness (QED) is 0.892. The lowest BCUT2D eigenvalue weighted by atomic mass is 10.1. The highest BCUT2D eigenvalue weighted by molar-refractivity contribution is 5.78. The molecule has 1 aromatic heterocycles. The van der Waals surface area contributed by atoms with Crippen molar-refractivity contribution in [3.63, 3.8) is 0 Å². The largest absolute Gasteiger partial charge is 0.370 e. The number of carbonyl (C=O) groups excluding carboxylic acids is 1. The molecule has 4 nitrogen and oxygen atoms in total. The minimum absolute atomic E-state index is 0.268. The van der Waals surface area contributed by atoms with Crippen LogP contribution in [0.15, 0.2) is 48.5 Å². The number of carbonyl (C=O) groups is 1. The van der Waals surface area contributed by atoms with Gasteiger partial charge in [0.15, 0.2) is 0 Å². The molecule has 1 fully saturated rings. The third kappa shape index (κ3) is 4.31. The molecule has 0 bridgehead atoms. The van der Waals surface area contributed by atoms with Gasteiger partial charge in [-0.2, -0.15) is 0 Å². The smallest absolute Gasteiger partial charge is 0.223 e. The molecule has 1 unspecified atom stereocenters. The van der Waals surface area contributed by atoms with Crippen LogP contribution >= 0.6 is 0 Å². The van der Waals surface area contributed by atoms with Gasteiger partial charge < -0.3 is 10.2 Å². The minimum Gasteiger partial charge on any atom is -0.370 e. The number of anilines is 1. The van der Waals surface area contributed by atoms with Crippen molar-refractivity contribution in [2.75, 3.05) is 25.0 Å². The lowest BCUT2D eigenvalue weighted by Gasteiger charge is -2.17. The zero-order chi connectivity index (χ0) is 16.1. The van der Waals surface area contributed by atoms with E-state index in [0.29, 0.717) is 12.3 Å². The molecule has 2 aromatic rings. The van der Waals surface area contributed by atoms with Crippen LogP contribution in [-0.4, -0.2) is 35.4 Å². The molecule has 1 saturated heterocycles. The second kappa shape index (κ2) is 7.27. The van der Waals surface area contributed by atoms with Gasteiger partial charge in [0.1, 0.15) is 5.82 Å². The van der Waals surface area contributed by atoms with Gasteiger partial charge in [-0.05, 0) is 31.0 Å². The Bertz CT molecular complexity index is 657. The Morgan fingerprint density at radius 1 is 1.17 bits per heavy atom. The maximum atomic E-state index is 12.2. The van der Waals surface area contributed by atoms with E-state index < -0.39 is 0 Å². The number of aryl methyl sites for hydroxylation is 1. The van der Waals surface area contributed by atoms with Gasteiger partial charge in [0, 0.05) is 37.7 Å². The van der Waals surface area contributed by atoms with Crippen LogP contribution in [0.3, 0.4) is 0 Å². The molecule has 0 saturated carbocycles. The van der Waals surface area contributed by atoms with E-state index in [-0.39, 0.29) is 5.91 Å². The molecule has 1 aliphatic rings.